The molecule has 1 fully saturated rings. The van der Waals surface area contributed by atoms with Gasteiger partial charge in [-0.1, -0.05) is 43.2 Å². The number of pyridine rings is 2. The van der Waals surface area contributed by atoms with Gasteiger partial charge in [0.25, 0.3) is 15.9 Å². The summed E-state index contributed by atoms with van der Waals surface area (Å²) in [5.41, 5.74) is 4.84. The van der Waals surface area contributed by atoms with Crippen LogP contribution in [-0.4, -0.2) is 61.5 Å². The number of sulfonamides is 1. The van der Waals surface area contributed by atoms with Gasteiger partial charge in [-0.15, -0.1) is 0 Å². The number of aryl methyl sites for hydroxylation is 1. The molecule has 0 unspecified atom stereocenters. The van der Waals surface area contributed by atoms with E-state index >= 15 is 0 Å². The fraction of sp³-hybridized carbons (Fsp3) is 0.324. The third kappa shape index (κ3) is 7.95. The number of nitrogens with zero attached hydrogens (tertiary/aromatic N) is 4. The number of piperazine rings is 1. The summed E-state index contributed by atoms with van der Waals surface area (Å²) in [6, 6.07) is 19.4. The zero-order valence-corrected chi connectivity index (χ0v) is 29.3. The summed E-state index contributed by atoms with van der Waals surface area (Å²) in [5.74, 6) is -1.71. The molecule has 2 aromatic carbocycles. The lowest BCUT2D eigenvalue weighted by Gasteiger charge is -2.39. The van der Waals surface area contributed by atoms with Crippen LogP contribution >= 0.6 is 11.6 Å². The van der Waals surface area contributed by atoms with E-state index in [1.54, 1.807) is 12.1 Å². The Morgan fingerprint density at radius 3 is 2.29 bits per heavy atom. The highest BCUT2D eigenvalue weighted by atomic mass is 35.5. The van der Waals surface area contributed by atoms with Gasteiger partial charge in [0.15, 0.2) is 0 Å². The second-order valence-corrected chi connectivity index (χ2v) is 15.6. The van der Waals surface area contributed by atoms with E-state index in [0.29, 0.717) is 0 Å². The lowest BCUT2D eigenvalue weighted by Crippen LogP contribution is -2.47. The SMILES string of the molecule is Cn1cc(-c2nc(C(=O)NS(=O)(=O)c3ccc(N4CCN(CC5=C(c6ccc(Cl)cc6)CC(C)(C)CC5)CC4)cc3)ccc2F)ccc1=O. The van der Waals surface area contributed by atoms with E-state index in [4.69, 9.17) is 11.6 Å². The van der Waals surface area contributed by atoms with Crippen LogP contribution in [0.3, 0.4) is 0 Å². The van der Waals surface area contributed by atoms with Crippen molar-refractivity contribution in [3.8, 4) is 11.3 Å². The van der Waals surface area contributed by atoms with Gasteiger partial charge in [0.1, 0.15) is 17.2 Å². The van der Waals surface area contributed by atoms with E-state index < -0.39 is 21.7 Å². The lowest BCUT2D eigenvalue weighted by molar-refractivity contribution is 0.0976. The van der Waals surface area contributed by atoms with Crippen LogP contribution in [0.2, 0.25) is 5.02 Å². The van der Waals surface area contributed by atoms with Crippen LogP contribution in [0.15, 0.2) is 94.3 Å². The molecule has 1 amide bonds. The van der Waals surface area contributed by atoms with Crippen molar-refractivity contribution >= 4 is 38.8 Å². The Kier molecular flexibility index (Phi) is 9.79. The maximum absolute atomic E-state index is 14.6. The molecule has 1 N–H and O–H groups in total. The summed E-state index contributed by atoms with van der Waals surface area (Å²) in [5, 5.41) is 0.740. The molecule has 1 aliphatic heterocycles. The van der Waals surface area contributed by atoms with Crippen molar-refractivity contribution in [2.24, 2.45) is 12.5 Å². The van der Waals surface area contributed by atoms with Gasteiger partial charge in [-0.05, 0) is 90.4 Å². The summed E-state index contributed by atoms with van der Waals surface area (Å²) >= 11 is 6.18. The number of anilines is 1. The Morgan fingerprint density at radius 1 is 0.939 bits per heavy atom. The monoisotopic (exact) mass is 703 g/mol. The first-order valence-electron chi connectivity index (χ1n) is 16.2. The number of hydrogen-bond acceptors (Lipinski definition) is 7. The molecule has 0 bridgehead atoms. The topological polar surface area (TPSA) is 105 Å². The van der Waals surface area contributed by atoms with Crippen LogP contribution in [0.4, 0.5) is 10.1 Å². The van der Waals surface area contributed by atoms with Gasteiger partial charge < -0.3 is 9.47 Å². The van der Waals surface area contributed by atoms with Crippen LogP contribution in [-0.2, 0) is 17.1 Å². The molecule has 0 atom stereocenters. The van der Waals surface area contributed by atoms with Crippen LogP contribution < -0.4 is 15.2 Å². The van der Waals surface area contributed by atoms with Crippen molar-refractivity contribution in [3.05, 3.63) is 117 Å². The van der Waals surface area contributed by atoms with Crippen molar-refractivity contribution in [2.75, 3.05) is 37.6 Å². The molecule has 4 aromatic rings. The van der Waals surface area contributed by atoms with Gasteiger partial charge in [-0.2, -0.15) is 0 Å². The number of carbonyl (C=O) groups is 1. The zero-order valence-electron chi connectivity index (χ0n) is 27.7. The molecule has 2 aliphatic rings. The summed E-state index contributed by atoms with van der Waals surface area (Å²) in [6.07, 6.45) is 4.66. The van der Waals surface area contributed by atoms with Crippen LogP contribution in [0, 0.1) is 11.2 Å². The summed E-state index contributed by atoms with van der Waals surface area (Å²) in [4.78, 5) is 33.4. The number of rotatable bonds is 8. The lowest BCUT2D eigenvalue weighted by atomic mass is 9.72. The quantitative estimate of drug-likeness (QED) is 0.235. The number of benzene rings is 2. The minimum atomic E-state index is -4.24. The van der Waals surface area contributed by atoms with Gasteiger partial charge in [-0.3, -0.25) is 14.5 Å². The summed E-state index contributed by atoms with van der Waals surface area (Å²) in [7, 11) is -2.73. The number of nitrogens with one attached hydrogen (secondary N) is 1. The number of amides is 1. The predicted octanol–water partition coefficient (Wildman–Crippen LogP) is 6.14. The Hall–Kier alpha value is -4.32. The average molecular weight is 704 g/mol. The highest BCUT2D eigenvalue weighted by Crippen LogP contribution is 2.43. The molecule has 49 heavy (non-hydrogen) atoms. The largest absolute Gasteiger partial charge is 0.369 e. The molecule has 0 saturated carbocycles. The fourth-order valence-corrected chi connectivity index (χ4v) is 7.56. The fourth-order valence-electron chi connectivity index (χ4n) is 6.47. The average Bonchev–Trinajstić information content (AvgIpc) is 3.07. The minimum absolute atomic E-state index is 0.0782. The molecule has 2 aromatic heterocycles. The van der Waals surface area contributed by atoms with Gasteiger partial charge in [0, 0.05) is 68.3 Å². The number of aromatic nitrogens is 2. The second kappa shape index (κ2) is 13.9. The molecular weight excluding hydrogens is 665 g/mol. The van der Waals surface area contributed by atoms with E-state index in [1.807, 2.05) is 16.9 Å². The number of carbonyl (C=O) groups excluding carboxylic acids is 1. The predicted molar refractivity (Wildman–Crippen MR) is 191 cm³/mol. The number of allylic oxidation sites excluding steroid dienone is 1. The molecule has 12 heteroatoms. The Bertz CT molecular complexity index is 2070. The van der Waals surface area contributed by atoms with Crippen molar-refractivity contribution in [1.82, 2.24) is 19.2 Å². The van der Waals surface area contributed by atoms with Crippen LogP contribution in [0.25, 0.3) is 16.8 Å². The minimum Gasteiger partial charge on any atom is -0.369 e. The highest BCUT2D eigenvalue weighted by Gasteiger charge is 2.29. The molecule has 6 rings (SSSR count). The van der Waals surface area contributed by atoms with Gasteiger partial charge in [-0.25, -0.2) is 22.5 Å². The normalized spacial score (nSPS) is 16.9. The maximum Gasteiger partial charge on any atom is 0.283 e. The smallest absolute Gasteiger partial charge is 0.283 e. The Labute approximate surface area is 291 Å². The molecular formula is C37H39ClFN5O4S. The van der Waals surface area contributed by atoms with Crippen molar-refractivity contribution < 1.29 is 17.6 Å². The van der Waals surface area contributed by atoms with Crippen molar-refractivity contribution in [1.29, 1.82) is 0 Å². The second-order valence-electron chi connectivity index (χ2n) is 13.5. The highest BCUT2D eigenvalue weighted by molar-refractivity contribution is 7.90. The van der Waals surface area contributed by atoms with Crippen LogP contribution in [0.5, 0.6) is 0 Å². The first kappa shape index (κ1) is 34.5. The third-order valence-corrected chi connectivity index (χ3v) is 10.9. The van der Waals surface area contributed by atoms with E-state index in [2.05, 4.69) is 40.8 Å². The van der Waals surface area contributed by atoms with E-state index in [0.717, 1.165) is 74.8 Å². The van der Waals surface area contributed by atoms with Gasteiger partial charge in [0.05, 0.1) is 4.90 Å². The van der Waals surface area contributed by atoms with E-state index in [9.17, 15) is 22.4 Å². The molecule has 9 nitrogen and oxygen atoms in total. The molecule has 1 aliphatic carbocycles. The standard InChI is InChI=1S/C37H39ClFN5O4S/c1-37(2)17-16-26(31(22-37)25-4-7-28(38)8-5-25)24-43-18-20-44(21-19-43)29-9-11-30(12-10-29)49(47,48)41-36(46)33-14-13-32(39)35(40-33)27-6-15-34(45)42(3)23-27/h4-15,23H,16-22,24H2,1-3H3,(H,41,46). The first-order valence-corrected chi connectivity index (χ1v) is 18.1. The first-order chi connectivity index (χ1) is 23.3. The van der Waals surface area contributed by atoms with Crippen LogP contribution in [0.1, 0.15) is 49.2 Å². The third-order valence-electron chi connectivity index (χ3n) is 9.34. The molecule has 1 saturated heterocycles. The summed E-state index contributed by atoms with van der Waals surface area (Å²) < 4.78 is 44.1. The Balaban J connectivity index is 1.09. The molecule has 0 spiro atoms. The number of hydrogen-bond donors (Lipinski definition) is 1. The summed E-state index contributed by atoms with van der Waals surface area (Å²) in [6.45, 7) is 8.94. The van der Waals surface area contributed by atoms with Crippen molar-refractivity contribution in [2.45, 2.75) is 38.0 Å². The van der Waals surface area contributed by atoms with E-state index in [1.165, 1.54) is 58.8 Å². The van der Waals surface area contributed by atoms with E-state index in [-0.39, 0.29) is 32.8 Å². The Morgan fingerprint density at radius 2 is 1.61 bits per heavy atom. The van der Waals surface area contributed by atoms with Crippen molar-refractivity contribution in [3.63, 3.8) is 0 Å². The zero-order chi connectivity index (χ0) is 34.9. The van der Waals surface area contributed by atoms with Gasteiger partial charge >= 0.3 is 0 Å². The van der Waals surface area contributed by atoms with Gasteiger partial charge in [0.2, 0.25) is 5.56 Å². The molecule has 256 valence electrons. The molecule has 3 heterocycles. The molecule has 0 radical (unpaired) electrons. The number of halogens is 2. The maximum atomic E-state index is 14.6.